The third kappa shape index (κ3) is 5.56. The van der Waals surface area contributed by atoms with Gasteiger partial charge < -0.3 is 15.5 Å². The summed E-state index contributed by atoms with van der Waals surface area (Å²) in [5, 5.41) is 5.65. The number of likely N-dealkylation sites (tertiary alicyclic amines) is 1. The third-order valence-corrected chi connectivity index (χ3v) is 7.54. The van der Waals surface area contributed by atoms with Crippen molar-refractivity contribution in [1.82, 2.24) is 14.9 Å². The Morgan fingerprint density at radius 2 is 2.00 bits per heavy atom. The Hall–Kier alpha value is -2.55. The van der Waals surface area contributed by atoms with E-state index in [4.69, 9.17) is 11.6 Å². The van der Waals surface area contributed by atoms with E-state index < -0.39 is 18.3 Å². The van der Waals surface area contributed by atoms with Gasteiger partial charge in [0.15, 0.2) is 5.82 Å². The summed E-state index contributed by atoms with van der Waals surface area (Å²) in [6.45, 7) is 9.35. The minimum atomic E-state index is -4.46. The summed E-state index contributed by atoms with van der Waals surface area (Å²) in [5.74, 6) is 0.298. The van der Waals surface area contributed by atoms with E-state index >= 15 is 0 Å². The Labute approximate surface area is 215 Å². The van der Waals surface area contributed by atoms with Crippen LogP contribution in [0.2, 0.25) is 0 Å². The normalized spacial score (nSPS) is 26.2. The summed E-state index contributed by atoms with van der Waals surface area (Å²) in [7, 11) is 0. The molecule has 1 fully saturated rings. The molecule has 3 unspecified atom stereocenters. The highest BCUT2D eigenvalue weighted by atomic mass is 35.5. The Bertz CT molecular complexity index is 1080. The number of hydrogen-bond acceptors (Lipinski definition) is 5. The van der Waals surface area contributed by atoms with E-state index in [1.807, 2.05) is 24.8 Å². The molecule has 10 heteroatoms. The number of carbonyl (C=O) groups is 1. The van der Waals surface area contributed by atoms with Gasteiger partial charge in [-0.15, -0.1) is 11.6 Å². The monoisotopic (exact) mass is 523 g/mol. The van der Waals surface area contributed by atoms with Gasteiger partial charge in [-0.1, -0.05) is 52.0 Å². The number of halogens is 4. The van der Waals surface area contributed by atoms with E-state index in [9.17, 15) is 18.0 Å². The first-order valence-electron chi connectivity index (χ1n) is 12.3. The van der Waals surface area contributed by atoms with Gasteiger partial charge in [0, 0.05) is 13.1 Å². The third-order valence-electron chi connectivity index (χ3n) is 7.22. The van der Waals surface area contributed by atoms with Crippen LogP contribution in [0.1, 0.15) is 46.2 Å². The van der Waals surface area contributed by atoms with E-state index in [0.717, 1.165) is 18.9 Å². The number of alkyl halides is 4. The Morgan fingerprint density at radius 3 is 2.61 bits per heavy atom. The molecule has 1 aromatic heterocycles. The molecule has 0 spiro atoms. The van der Waals surface area contributed by atoms with E-state index in [2.05, 4.69) is 46.6 Å². The van der Waals surface area contributed by atoms with Crippen molar-refractivity contribution in [3.8, 4) is 0 Å². The number of piperidine rings is 1. The minimum Gasteiger partial charge on any atom is -0.366 e. The van der Waals surface area contributed by atoms with Crippen molar-refractivity contribution in [1.29, 1.82) is 0 Å². The van der Waals surface area contributed by atoms with Crippen molar-refractivity contribution in [3.63, 3.8) is 0 Å². The second kappa shape index (κ2) is 10.1. The molecule has 0 aromatic carbocycles. The SMILES string of the molecule is CC(C)[C@@H](Nc1ncnc2c1NC(C(F)(F)F)C=C2)C(=O)N1CCC(C2=CCC(Cl)C=C2)C(C)(C)C1. The predicted octanol–water partition coefficient (Wildman–Crippen LogP) is 5.65. The van der Waals surface area contributed by atoms with Crippen molar-refractivity contribution in [2.45, 2.75) is 64.2 Å². The zero-order valence-electron chi connectivity index (χ0n) is 20.9. The van der Waals surface area contributed by atoms with Crippen LogP contribution in [0.25, 0.3) is 6.08 Å². The standard InChI is InChI=1S/C26H33ClF3N5O/c1-15(2)21(34-23-22-19(31-14-32-23)9-10-20(33-22)26(28,29)30)24(36)35-12-11-18(25(3,4)13-35)16-5-7-17(27)8-6-16/h5-7,9-10,14-15,17-18,20-21,33H,8,11-13H2,1-4H3,(H,31,32,34)/t17?,18?,20?,21-/m1/s1. The summed E-state index contributed by atoms with van der Waals surface area (Å²) in [4.78, 5) is 23.8. The number of fused-ring (bicyclic) bond motifs is 1. The fraction of sp³-hybridized carbons (Fsp3) is 0.577. The lowest BCUT2D eigenvalue weighted by atomic mass is 9.69. The molecule has 2 N–H and O–H groups in total. The summed E-state index contributed by atoms with van der Waals surface area (Å²) >= 11 is 6.20. The van der Waals surface area contributed by atoms with Gasteiger partial charge in [-0.25, -0.2) is 9.97 Å². The van der Waals surface area contributed by atoms with Gasteiger partial charge >= 0.3 is 6.18 Å². The zero-order chi connectivity index (χ0) is 26.3. The number of carbonyl (C=O) groups excluding carboxylic acids is 1. The number of amides is 1. The molecule has 1 amide bonds. The second-order valence-corrected chi connectivity index (χ2v) is 11.3. The van der Waals surface area contributed by atoms with Crippen molar-refractivity contribution >= 4 is 35.1 Å². The second-order valence-electron chi connectivity index (χ2n) is 10.8. The number of rotatable bonds is 5. The van der Waals surface area contributed by atoms with E-state index in [-0.39, 0.29) is 34.1 Å². The molecular weight excluding hydrogens is 491 g/mol. The van der Waals surface area contributed by atoms with Crippen LogP contribution < -0.4 is 10.6 Å². The molecule has 3 aliphatic rings. The minimum absolute atomic E-state index is 0.0281. The van der Waals surface area contributed by atoms with Gasteiger partial charge in [-0.2, -0.15) is 13.2 Å². The summed E-state index contributed by atoms with van der Waals surface area (Å²) in [6.07, 6.45) is 7.16. The first kappa shape index (κ1) is 26.5. The van der Waals surface area contributed by atoms with E-state index in [0.29, 0.717) is 24.7 Å². The summed E-state index contributed by atoms with van der Waals surface area (Å²) < 4.78 is 40.0. The molecule has 0 radical (unpaired) electrons. The predicted molar refractivity (Wildman–Crippen MR) is 137 cm³/mol. The van der Waals surface area contributed by atoms with Gasteiger partial charge in [-0.3, -0.25) is 4.79 Å². The van der Waals surface area contributed by atoms with Crippen LogP contribution in [0, 0.1) is 17.3 Å². The fourth-order valence-electron chi connectivity index (χ4n) is 5.25. The first-order chi connectivity index (χ1) is 16.9. The van der Waals surface area contributed by atoms with Gasteiger partial charge in [-0.05, 0) is 41.7 Å². The lowest BCUT2D eigenvalue weighted by Gasteiger charge is -2.46. The smallest absolute Gasteiger partial charge is 0.366 e. The van der Waals surface area contributed by atoms with Crippen LogP contribution >= 0.6 is 11.6 Å². The largest absolute Gasteiger partial charge is 0.412 e. The number of aromatic nitrogens is 2. The average Bonchev–Trinajstić information content (AvgIpc) is 2.81. The van der Waals surface area contributed by atoms with Crippen molar-refractivity contribution in [2.75, 3.05) is 23.7 Å². The molecule has 1 aliphatic carbocycles. The van der Waals surface area contributed by atoms with Crippen molar-refractivity contribution in [2.24, 2.45) is 17.3 Å². The molecule has 0 saturated carbocycles. The molecule has 6 nitrogen and oxygen atoms in total. The number of nitrogens with one attached hydrogen (secondary N) is 2. The highest BCUT2D eigenvalue weighted by Crippen LogP contribution is 2.42. The van der Waals surface area contributed by atoms with Crippen molar-refractivity contribution < 1.29 is 18.0 Å². The average molecular weight is 524 g/mol. The molecule has 36 heavy (non-hydrogen) atoms. The van der Waals surface area contributed by atoms with Crippen LogP contribution in [-0.4, -0.2) is 57.5 Å². The number of anilines is 2. The van der Waals surface area contributed by atoms with Crippen LogP contribution in [0.4, 0.5) is 24.7 Å². The van der Waals surface area contributed by atoms with Gasteiger partial charge in [0.05, 0.1) is 11.1 Å². The lowest BCUT2D eigenvalue weighted by molar-refractivity contribution is -0.137. The molecule has 196 valence electrons. The lowest BCUT2D eigenvalue weighted by Crippen LogP contribution is -2.54. The molecule has 1 aromatic rings. The molecule has 4 rings (SSSR count). The van der Waals surface area contributed by atoms with Crippen molar-refractivity contribution in [3.05, 3.63) is 41.9 Å². The van der Waals surface area contributed by atoms with Gasteiger partial charge in [0.2, 0.25) is 5.91 Å². The number of allylic oxidation sites excluding steroid dienone is 4. The maximum absolute atomic E-state index is 13.7. The topological polar surface area (TPSA) is 70.1 Å². The highest BCUT2D eigenvalue weighted by molar-refractivity contribution is 6.22. The molecular formula is C26H33ClF3N5O. The number of nitrogens with zero attached hydrogens (tertiary/aromatic N) is 3. The molecule has 0 bridgehead atoms. The summed E-state index contributed by atoms with van der Waals surface area (Å²) in [5.41, 5.74) is 1.62. The van der Waals surface area contributed by atoms with Crippen LogP contribution in [0.3, 0.4) is 0 Å². The van der Waals surface area contributed by atoms with E-state index in [1.54, 1.807) is 0 Å². The summed E-state index contributed by atoms with van der Waals surface area (Å²) in [6, 6.07) is -2.50. The molecule has 2 aliphatic heterocycles. The Morgan fingerprint density at radius 1 is 1.25 bits per heavy atom. The van der Waals surface area contributed by atoms with Crippen LogP contribution in [-0.2, 0) is 4.79 Å². The quantitative estimate of drug-likeness (QED) is 0.488. The number of hydrogen-bond donors (Lipinski definition) is 2. The van der Waals surface area contributed by atoms with Gasteiger partial charge in [0.25, 0.3) is 0 Å². The maximum atomic E-state index is 13.7. The molecule has 3 heterocycles. The maximum Gasteiger partial charge on any atom is 0.412 e. The first-order valence-corrected chi connectivity index (χ1v) is 12.7. The highest BCUT2D eigenvalue weighted by Gasteiger charge is 2.42. The fourth-order valence-corrected chi connectivity index (χ4v) is 5.41. The Balaban J connectivity index is 1.51. The zero-order valence-corrected chi connectivity index (χ0v) is 21.7. The molecule has 1 saturated heterocycles. The van der Waals surface area contributed by atoms with Crippen LogP contribution in [0.5, 0.6) is 0 Å². The molecule has 4 atom stereocenters. The van der Waals surface area contributed by atoms with Crippen LogP contribution in [0.15, 0.2) is 36.2 Å². The van der Waals surface area contributed by atoms with E-state index in [1.165, 1.54) is 18.0 Å². The van der Waals surface area contributed by atoms with Gasteiger partial charge in [0.1, 0.15) is 24.1 Å². The Kier molecular flexibility index (Phi) is 7.42.